The molecule has 178 valence electrons. The van der Waals surface area contributed by atoms with E-state index in [0.29, 0.717) is 32.7 Å². The van der Waals surface area contributed by atoms with E-state index in [1.807, 2.05) is 27.7 Å². The summed E-state index contributed by atoms with van der Waals surface area (Å²) in [6, 6.07) is -1.08. The summed E-state index contributed by atoms with van der Waals surface area (Å²) in [5, 5.41) is 1.33. The Morgan fingerprint density at radius 1 is 1.16 bits per heavy atom. The van der Waals surface area contributed by atoms with E-state index in [1.165, 1.54) is 9.96 Å². The summed E-state index contributed by atoms with van der Waals surface area (Å²) in [6.07, 6.45) is 3.57. The van der Waals surface area contributed by atoms with Crippen LogP contribution in [-0.4, -0.2) is 83.4 Å². The Morgan fingerprint density at radius 2 is 1.90 bits per heavy atom. The minimum atomic E-state index is -0.617. The summed E-state index contributed by atoms with van der Waals surface area (Å²) in [7, 11) is 0. The zero-order valence-electron chi connectivity index (χ0n) is 19.5. The molecule has 0 radical (unpaired) electrons. The van der Waals surface area contributed by atoms with E-state index in [-0.39, 0.29) is 30.7 Å². The van der Waals surface area contributed by atoms with Crippen molar-refractivity contribution < 1.29 is 28.8 Å². The molecule has 4 amide bonds. The number of rotatable bonds is 9. The molecule has 0 aromatic heterocycles. The van der Waals surface area contributed by atoms with Gasteiger partial charge < -0.3 is 14.5 Å². The van der Waals surface area contributed by atoms with Gasteiger partial charge in [0, 0.05) is 13.1 Å². The van der Waals surface area contributed by atoms with Crippen molar-refractivity contribution in [2.75, 3.05) is 32.8 Å². The number of nitrogens with one attached hydrogen (secondary N) is 1. The smallest absolute Gasteiger partial charge is 0.410 e. The number of hydrogen-bond acceptors (Lipinski definition) is 6. The molecule has 0 aromatic rings. The standard InChI is InChI=1S/C21H38N4O6/c1-6-8-14-30-25-13-11-17(23(7-2)19(25)27)18(26)22-29-15-16-10-9-12-24(16)20(28)31-21(3,4)5/h16-17H,6-15H2,1-5H3,(H,22,26)/t16-,17+/m1/s1. The first kappa shape index (κ1) is 25.2. The molecule has 0 spiro atoms. The lowest BCUT2D eigenvalue weighted by Gasteiger charge is -2.39. The van der Waals surface area contributed by atoms with Gasteiger partial charge in [-0.05, 0) is 53.4 Å². The summed E-state index contributed by atoms with van der Waals surface area (Å²) in [6.45, 7) is 11.4. The van der Waals surface area contributed by atoms with Crippen LogP contribution in [-0.2, 0) is 19.2 Å². The number of carbonyl (C=O) groups excluding carboxylic acids is 3. The van der Waals surface area contributed by atoms with Crippen molar-refractivity contribution in [3.63, 3.8) is 0 Å². The van der Waals surface area contributed by atoms with Gasteiger partial charge in [-0.1, -0.05) is 13.3 Å². The van der Waals surface area contributed by atoms with Gasteiger partial charge in [0.2, 0.25) is 0 Å². The maximum Gasteiger partial charge on any atom is 0.410 e. The van der Waals surface area contributed by atoms with Gasteiger partial charge in [0.15, 0.2) is 0 Å². The predicted octanol–water partition coefficient (Wildman–Crippen LogP) is 2.68. The van der Waals surface area contributed by atoms with Gasteiger partial charge in [-0.3, -0.25) is 14.5 Å². The van der Waals surface area contributed by atoms with E-state index in [0.717, 1.165) is 25.7 Å². The predicted molar refractivity (Wildman–Crippen MR) is 114 cm³/mol. The van der Waals surface area contributed by atoms with Crippen LogP contribution < -0.4 is 5.48 Å². The maximum absolute atomic E-state index is 12.7. The van der Waals surface area contributed by atoms with Crippen molar-refractivity contribution in [1.82, 2.24) is 20.3 Å². The Bertz CT molecular complexity index is 623. The van der Waals surface area contributed by atoms with Crippen LogP contribution >= 0.6 is 0 Å². The van der Waals surface area contributed by atoms with E-state index >= 15 is 0 Å². The topological polar surface area (TPSA) is 101 Å². The van der Waals surface area contributed by atoms with Crippen LogP contribution in [0.2, 0.25) is 0 Å². The normalized spacial score (nSPS) is 22.1. The second-order valence-electron chi connectivity index (χ2n) is 8.91. The Labute approximate surface area is 185 Å². The number of ether oxygens (including phenoxy) is 1. The third kappa shape index (κ3) is 7.24. The van der Waals surface area contributed by atoms with Crippen LogP contribution in [0.4, 0.5) is 9.59 Å². The van der Waals surface area contributed by atoms with E-state index in [1.54, 1.807) is 4.90 Å². The average Bonchev–Trinajstić information content (AvgIpc) is 3.16. The lowest BCUT2D eigenvalue weighted by molar-refractivity contribution is -0.157. The van der Waals surface area contributed by atoms with Gasteiger partial charge in [-0.2, -0.15) is 0 Å². The van der Waals surface area contributed by atoms with Crippen molar-refractivity contribution in [1.29, 1.82) is 0 Å². The molecular formula is C21H38N4O6. The number of unbranched alkanes of at least 4 members (excludes halogenated alkanes) is 1. The summed E-state index contributed by atoms with van der Waals surface area (Å²) in [4.78, 5) is 51.8. The molecule has 2 atom stereocenters. The highest BCUT2D eigenvalue weighted by molar-refractivity contribution is 5.87. The molecule has 0 aromatic carbocycles. The number of amides is 4. The third-order valence-electron chi connectivity index (χ3n) is 5.28. The summed E-state index contributed by atoms with van der Waals surface area (Å²) >= 11 is 0. The molecule has 2 fully saturated rings. The van der Waals surface area contributed by atoms with Crippen molar-refractivity contribution in [3.05, 3.63) is 0 Å². The number of hydrogen-bond donors (Lipinski definition) is 1. The Kier molecular flexibility index (Phi) is 9.36. The monoisotopic (exact) mass is 442 g/mol. The van der Waals surface area contributed by atoms with Crippen LogP contribution in [0, 0.1) is 0 Å². The van der Waals surface area contributed by atoms with Crippen molar-refractivity contribution >= 4 is 18.0 Å². The second-order valence-corrected chi connectivity index (χ2v) is 8.91. The van der Waals surface area contributed by atoms with Crippen LogP contribution in [0.3, 0.4) is 0 Å². The summed E-state index contributed by atoms with van der Waals surface area (Å²) < 4.78 is 5.44. The lowest BCUT2D eigenvalue weighted by atomic mass is 10.1. The van der Waals surface area contributed by atoms with E-state index in [9.17, 15) is 14.4 Å². The zero-order valence-corrected chi connectivity index (χ0v) is 19.5. The number of urea groups is 1. The van der Waals surface area contributed by atoms with Gasteiger partial charge in [0.05, 0.1) is 25.8 Å². The van der Waals surface area contributed by atoms with Crippen molar-refractivity contribution in [2.24, 2.45) is 0 Å². The molecule has 0 aliphatic carbocycles. The highest BCUT2D eigenvalue weighted by atomic mass is 16.7. The maximum atomic E-state index is 12.7. The Hall–Kier alpha value is -2.07. The SMILES string of the molecule is CCCCON1CC[C@@H](C(=O)NOC[C@H]2CCCN2C(=O)OC(C)(C)C)N(CC)C1=O. The van der Waals surface area contributed by atoms with Gasteiger partial charge in [0.25, 0.3) is 5.91 Å². The Balaban J connectivity index is 1.82. The van der Waals surface area contributed by atoms with Gasteiger partial charge >= 0.3 is 12.1 Å². The summed E-state index contributed by atoms with van der Waals surface area (Å²) in [5.74, 6) is -0.370. The van der Waals surface area contributed by atoms with Gasteiger partial charge in [-0.15, -0.1) is 0 Å². The largest absolute Gasteiger partial charge is 0.444 e. The van der Waals surface area contributed by atoms with Crippen LogP contribution in [0.1, 0.15) is 66.7 Å². The molecule has 10 heteroatoms. The van der Waals surface area contributed by atoms with Gasteiger partial charge in [0.1, 0.15) is 11.6 Å². The molecule has 0 saturated carbocycles. The quantitative estimate of drug-likeness (QED) is 0.435. The highest BCUT2D eigenvalue weighted by Crippen LogP contribution is 2.21. The van der Waals surface area contributed by atoms with Crippen LogP contribution in [0.15, 0.2) is 0 Å². The zero-order chi connectivity index (χ0) is 23.0. The molecule has 2 heterocycles. The average molecular weight is 443 g/mol. The van der Waals surface area contributed by atoms with E-state index < -0.39 is 11.6 Å². The molecule has 2 aliphatic rings. The Morgan fingerprint density at radius 3 is 2.55 bits per heavy atom. The molecule has 2 aliphatic heterocycles. The van der Waals surface area contributed by atoms with E-state index in [4.69, 9.17) is 14.4 Å². The number of hydroxylamine groups is 3. The van der Waals surface area contributed by atoms with Crippen molar-refractivity contribution in [2.45, 2.75) is 84.4 Å². The molecule has 2 saturated heterocycles. The molecule has 0 unspecified atom stereocenters. The first-order valence-electron chi connectivity index (χ1n) is 11.3. The lowest BCUT2D eigenvalue weighted by Crippen LogP contribution is -2.59. The fraction of sp³-hybridized carbons (Fsp3) is 0.857. The van der Waals surface area contributed by atoms with Crippen LogP contribution in [0.5, 0.6) is 0 Å². The third-order valence-corrected chi connectivity index (χ3v) is 5.28. The van der Waals surface area contributed by atoms with Crippen LogP contribution in [0.25, 0.3) is 0 Å². The van der Waals surface area contributed by atoms with Gasteiger partial charge in [-0.25, -0.2) is 20.1 Å². The molecular weight excluding hydrogens is 404 g/mol. The van der Waals surface area contributed by atoms with Crippen molar-refractivity contribution in [3.8, 4) is 0 Å². The first-order valence-corrected chi connectivity index (χ1v) is 11.3. The molecule has 0 bridgehead atoms. The minimum Gasteiger partial charge on any atom is -0.444 e. The second kappa shape index (κ2) is 11.5. The number of carbonyl (C=O) groups is 3. The number of likely N-dealkylation sites (tertiary alicyclic amines) is 1. The van der Waals surface area contributed by atoms with E-state index in [2.05, 4.69) is 12.4 Å². The number of likely N-dealkylation sites (N-methyl/N-ethyl adjacent to an activating group) is 1. The molecule has 2 rings (SSSR count). The number of nitrogens with zero attached hydrogens (tertiary/aromatic N) is 3. The first-order chi connectivity index (χ1) is 14.7. The highest BCUT2D eigenvalue weighted by Gasteiger charge is 2.38. The fourth-order valence-corrected chi connectivity index (χ4v) is 3.68. The fourth-order valence-electron chi connectivity index (χ4n) is 3.68. The molecule has 1 N–H and O–H groups in total. The minimum absolute atomic E-state index is 0.159. The molecule has 31 heavy (non-hydrogen) atoms. The summed E-state index contributed by atoms with van der Waals surface area (Å²) in [5.41, 5.74) is 1.90. The molecule has 10 nitrogen and oxygen atoms in total.